The molecule has 0 fully saturated rings. The second-order valence-electron chi connectivity index (χ2n) is 14.7. The van der Waals surface area contributed by atoms with Gasteiger partial charge in [0, 0.05) is 32.0 Å². The van der Waals surface area contributed by atoms with Crippen LogP contribution in [-0.4, -0.2) is 32.8 Å². The number of nitrogens with zero attached hydrogens (tertiary/aromatic N) is 4. The molecule has 0 aliphatic carbocycles. The molecule has 0 aliphatic rings. The maximum absolute atomic E-state index is 13.8. The van der Waals surface area contributed by atoms with Crippen molar-refractivity contribution < 1.29 is 34.7 Å². The quantitative estimate of drug-likeness (QED) is 0.0946. The van der Waals surface area contributed by atoms with Crippen LogP contribution in [0.5, 0.6) is 0 Å². The summed E-state index contributed by atoms with van der Waals surface area (Å²) in [6.07, 6.45) is 1.91. The Morgan fingerprint density at radius 3 is 2.29 bits per heavy atom. The third kappa shape index (κ3) is 7.77. The Bertz CT molecular complexity index is 2850. The number of pyridine rings is 2. The standard InChI is InChI=1S/C29H17FN3O.C17H21FGeN.Ir/c30-26-14-13-22-21-11-6-12-23(27(21)34-29(22)32-26)28-31-24-15-19-9-4-5-10-20(19)16-25(24)33(28)17-18-7-2-1-3-8-18;1-12(2)15-10-17(13-6-8-14(18)9-7-13)20-11-16(15)19(3,4)5;/h1-11,13-16H,17H2;6,8-12H,1-5H3;/q2*-1;/i;12D;. The van der Waals surface area contributed by atoms with Crippen LogP contribution in [0.15, 0.2) is 126 Å². The molecule has 0 bridgehead atoms. The zero-order valence-electron chi connectivity index (χ0n) is 32.0. The summed E-state index contributed by atoms with van der Waals surface area (Å²) in [5, 5.41) is 3.92. The Balaban J connectivity index is 0.000000190. The Kier molecular flexibility index (Phi) is 10.5. The van der Waals surface area contributed by atoms with Crippen molar-refractivity contribution in [3.05, 3.63) is 156 Å². The van der Waals surface area contributed by atoms with Crippen LogP contribution in [0.25, 0.3) is 66.5 Å². The Morgan fingerprint density at radius 1 is 0.836 bits per heavy atom. The molecule has 0 N–H and O–H groups in total. The summed E-state index contributed by atoms with van der Waals surface area (Å²) in [4.78, 5) is 13.5. The molecule has 277 valence electrons. The molecule has 9 heteroatoms. The number of benzene rings is 5. The molecule has 0 saturated heterocycles. The summed E-state index contributed by atoms with van der Waals surface area (Å²) in [6.45, 7) is 4.44. The van der Waals surface area contributed by atoms with Crippen LogP contribution in [-0.2, 0) is 26.7 Å². The Labute approximate surface area is 336 Å². The van der Waals surface area contributed by atoms with Gasteiger partial charge in [0.25, 0.3) is 0 Å². The molecule has 0 unspecified atom stereocenters. The predicted molar refractivity (Wildman–Crippen MR) is 218 cm³/mol. The van der Waals surface area contributed by atoms with Crippen molar-refractivity contribution in [1.29, 1.82) is 0 Å². The van der Waals surface area contributed by atoms with Crippen LogP contribution < -0.4 is 4.40 Å². The fourth-order valence-corrected chi connectivity index (χ4v) is 10.2. The van der Waals surface area contributed by atoms with Crippen LogP contribution in [0.1, 0.15) is 32.2 Å². The number of hydrogen-bond donors (Lipinski definition) is 0. The zero-order valence-corrected chi connectivity index (χ0v) is 35.5. The van der Waals surface area contributed by atoms with Gasteiger partial charge in [-0.05, 0) is 40.6 Å². The van der Waals surface area contributed by atoms with E-state index in [4.69, 9.17) is 10.8 Å². The molecule has 4 heterocycles. The van der Waals surface area contributed by atoms with Gasteiger partial charge in [-0.15, -0.1) is 18.2 Å². The van der Waals surface area contributed by atoms with Crippen LogP contribution in [0.2, 0.25) is 17.3 Å². The fraction of sp³-hybridized carbons (Fsp3) is 0.152. The minimum atomic E-state index is -2.10. The molecule has 1 radical (unpaired) electrons. The molecule has 0 aliphatic heterocycles. The molecule has 0 amide bonds. The summed E-state index contributed by atoms with van der Waals surface area (Å²) in [5.41, 5.74) is 7.23. The zero-order chi connectivity index (χ0) is 38.5. The molecule has 9 aromatic rings. The van der Waals surface area contributed by atoms with Gasteiger partial charge in [-0.2, -0.15) is 9.37 Å². The average Bonchev–Trinajstić information content (AvgIpc) is 3.71. The number of imidazole rings is 1. The van der Waals surface area contributed by atoms with Gasteiger partial charge >= 0.3 is 125 Å². The van der Waals surface area contributed by atoms with Gasteiger partial charge in [-0.1, -0.05) is 65.5 Å². The predicted octanol–water partition coefficient (Wildman–Crippen LogP) is 11.5. The molecule has 0 spiro atoms. The van der Waals surface area contributed by atoms with E-state index in [1.807, 2.05) is 68.6 Å². The normalized spacial score (nSPS) is 12.1. The van der Waals surface area contributed by atoms with Crippen molar-refractivity contribution in [1.82, 2.24) is 19.5 Å². The van der Waals surface area contributed by atoms with Crippen molar-refractivity contribution in [2.24, 2.45) is 0 Å². The SMILES string of the molecule is Fc1ccc2c(n1)oc1c(-c3nc4cc5ccccc5cc4n3Cc3ccccc3)[c-]ccc12.[2H]C(C)(C)c1cc(-c2[c-]cc(F)cc2)nc[c]1[Ge]([CH3])([CH3])[CH3].[Ir]. The van der Waals surface area contributed by atoms with E-state index in [0.29, 0.717) is 12.1 Å². The van der Waals surface area contributed by atoms with Crippen molar-refractivity contribution >= 4 is 61.5 Å². The monoisotopic (exact) mass is 968 g/mol. The molecule has 5 nitrogen and oxygen atoms in total. The second-order valence-corrected chi connectivity index (χ2v) is 25.2. The summed E-state index contributed by atoms with van der Waals surface area (Å²) < 4.78 is 44.7. The van der Waals surface area contributed by atoms with E-state index >= 15 is 0 Å². The van der Waals surface area contributed by atoms with Crippen LogP contribution in [0, 0.1) is 23.9 Å². The smallest absolute Gasteiger partial charge is 0 e. The molecule has 4 aromatic heterocycles. The molecular formula is C46H38F2GeIrN4O-2. The van der Waals surface area contributed by atoms with Gasteiger partial charge < -0.3 is 8.98 Å². The molecule has 0 saturated carbocycles. The van der Waals surface area contributed by atoms with Crippen LogP contribution >= 0.6 is 0 Å². The van der Waals surface area contributed by atoms with E-state index in [2.05, 4.69) is 80.3 Å². The Hall–Kier alpha value is -5.02. The van der Waals surface area contributed by atoms with Gasteiger partial charge in [0.2, 0.25) is 11.7 Å². The van der Waals surface area contributed by atoms with Crippen molar-refractivity contribution in [2.45, 2.75) is 43.6 Å². The summed E-state index contributed by atoms with van der Waals surface area (Å²) in [5.74, 6) is 6.11. The molecule has 9 rings (SSSR count). The average molecular weight is 967 g/mol. The molecule has 55 heavy (non-hydrogen) atoms. The maximum Gasteiger partial charge on any atom is 0 e. The largest absolute Gasteiger partial charge is 0 e. The first-order valence-electron chi connectivity index (χ1n) is 18.3. The van der Waals surface area contributed by atoms with Crippen molar-refractivity contribution in [3.8, 4) is 22.6 Å². The number of rotatable bonds is 6. The van der Waals surface area contributed by atoms with E-state index in [9.17, 15) is 8.78 Å². The minimum absolute atomic E-state index is 0. The third-order valence-corrected chi connectivity index (χ3v) is 13.8. The van der Waals surface area contributed by atoms with E-state index < -0.39 is 25.1 Å². The van der Waals surface area contributed by atoms with E-state index in [1.165, 1.54) is 22.6 Å². The van der Waals surface area contributed by atoms with E-state index in [1.54, 1.807) is 12.1 Å². The summed E-state index contributed by atoms with van der Waals surface area (Å²) in [7, 11) is 0. The fourth-order valence-electron chi connectivity index (χ4n) is 6.87. The van der Waals surface area contributed by atoms with Crippen LogP contribution in [0.4, 0.5) is 8.78 Å². The van der Waals surface area contributed by atoms with E-state index in [0.717, 1.165) is 66.4 Å². The topological polar surface area (TPSA) is 56.7 Å². The molecular weight excluding hydrogens is 927 g/mol. The minimum Gasteiger partial charge on any atom is 0 e. The van der Waals surface area contributed by atoms with Gasteiger partial charge in [0.1, 0.15) is 0 Å². The number of hydrogen-bond acceptors (Lipinski definition) is 4. The van der Waals surface area contributed by atoms with Crippen molar-refractivity contribution in [3.63, 3.8) is 0 Å². The van der Waals surface area contributed by atoms with Gasteiger partial charge in [0.15, 0.2) is 0 Å². The van der Waals surface area contributed by atoms with Gasteiger partial charge in [-0.3, -0.25) is 4.98 Å². The summed E-state index contributed by atoms with van der Waals surface area (Å²) >= 11 is -2.10. The summed E-state index contributed by atoms with van der Waals surface area (Å²) in [6, 6.07) is 42.3. The van der Waals surface area contributed by atoms with Gasteiger partial charge in [0.05, 0.1) is 22.4 Å². The van der Waals surface area contributed by atoms with E-state index in [-0.39, 0.29) is 31.6 Å². The molecule has 5 aromatic carbocycles. The number of aromatic nitrogens is 4. The third-order valence-electron chi connectivity index (χ3n) is 9.59. The Morgan fingerprint density at radius 2 is 1.58 bits per heavy atom. The van der Waals surface area contributed by atoms with Gasteiger partial charge in [-0.25, -0.2) is 0 Å². The first-order valence-corrected chi connectivity index (χ1v) is 25.2. The number of halogens is 2. The maximum atomic E-state index is 13.8. The number of furan rings is 1. The van der Waals surface area contributed by atoms with Crippen LogP contribution in [0.3, 0.4) is 0 Å². The first kappa shape index (κ1) is 36.9. The van der Waals surface area contributed by atoms with Crippen molar-refractivity contribution in [2.75, 3.05) is 0 Å². The second kappa shape index (κ2) is 15.6. The number of fused-ring (bicyclic) bond motifs is 5. The first-order chi connectivity index (χ1) is 26.3. The molecule has 0 atom stereocenters.